The zero-order valence-electron chi connectivity index (χ0n) is 15.2. The Kier molecular flexibility index (Phi) is 6.70. The van der Waals surface area contributed by atoms with Crippen LogP contribution in [0.5, 0.6) is 5.75 Å². The van der Waals surface area contributed by atoms with E-state index in [9.17, 15) is 9.18 Å². The van der Waals surface area contributed by atoms with Crippen LogP contribution in [-0.4, -0.2) is 50.0 Å². The van der Waals surface area contributed by atoms with E-state index in [1.54, 1.807) is 23.1 Å². The highest BCUT2D eigenvalue weighted by Gasteiger charge is 2.21. The molecule has 0 N–H and O–H groups in total. The van der Waals surface area contributed by atoms with Gasteiger partial charge in [-0.3, -0.25) is 4.79 Å². The lowest BCUT2D eigenvalue weighted by molar-refractivity contribution is 0.0728. The molecule has 0 aliphatic carbocycles. The summed E-state index contributed by atoms with van der Waals surface area (Å²) >= 11 is 0. The van der Waals surface area contributed by atoms with Gasteiger partial charge < -0.3 is 14.5 Å². The van der Waals surface area contributed by atoms with E-state index in [0.29, 0.717) is 30.9 Å². The van der Waals surface area contributed by atoms with Crippen LogP contribution in [0, 0.1) is 17.1 Å². The van der Waals surface area contributed by atoms with Crippen molar-refractivity contribution < 1.29 is 13.9 Å². The van der Waals surface area contributed by atoms with Crippen molar-refractivity contribution in [1.82, 2.24) is 9.80 Å². The Hall–Kier alpha value is -2.91. The molecule has 136 valence electrons. The molecule has 0 aliphatic rings. The van der Waals surface area contributed by atoms with E-state index in [1.165, 1.54) is 25.3 Å². The maximum atomic E-state index is 13.7. The lowest BCUT2D eigenvalue weighted by Gasteiger charge is -2.25. The van der Waals surface area contributed by atoms with Crippen molar-refractivity contribution in [3.63, 3.8) is 0 Å². The van der Waals surface area contributed by atoms with Gasteiger partial charge in [0.25, 0.3) is 5.91 Å². The maximum absolute atomic E-state index is 13.7. The summed E-state index contributed by atoms with van der Waals surface area (Å²) in [6.45, 7) is 1.44. The van der Waals surface area contributed by atoms with Gasteiger partial charge in [-0.2, -0.15) is 5.26 Å². The molecule has 0 spiro atoms. The third kappa shape index (κ3) is 5.04. The van der Waals surface area contributed by atoms with Crippen molar-refractivity contribution in [3.05, 3.63) is 65.0 Å². The zero-order chi connectivity index (χ0) is 19.1. The minimum atomic E-state index is -0.492. The van der Waals surface area contributed by atoms with Crippen LogP contribution < -0.4 is 4.74 Å². The Balaban J connectivity index is 2.33. The first kappa shape index (κ1) is 19.4. The number of methoxy groups -OCH3 is 1. The van der Waals surface area contributed by atoms with Crippen LogP contribution in [0.2, 0.25) is 0 Å². The molecule has 0 atom stereocenters. The number of benzene rings is 2. The first-order valence-corrected chi connectivity index (χ1v) is 8.21. The number of halogens is 1. The number of rotatable bonds is 7. The Morgan fingerprint density at radius 1 is 1.19 bits per heavy atom. The first-order valence-electron chi connectivity index (χ1n) is 8.21. The van der Waals surface area contributed by atoms with Crippen LogP contribution in [0.1, 0.15) is 21.5 Å². The molecule has 1 amide bonds. The number of hydrogen-bond donors (Lipinski definition) is 0. The molecule has 0 saturated heterocycles. The predicted octanol–water partition coefficient (Wildman–Crippen LogP) is 2.91. The Labute approximate surface area is 153 Å². The van der Waals surface area contributed by atoms with Gasteiger partial charge in [-0.15, -0.1) is 0 Å². The van der Waals surface area contributed by atoms with Gasteiger partial charge in [0.1, 0.15) is 11.6 Å². The van der Waals surface area contributed by atoms with Gasteiger partial charge in [0.15, 0.2) is 0 Å². The van der Waals surface area contributed by atoms with Gasteiger partial charge in [-0.05, 0) is 50.0 Å². The number of amides is 1. The highest BCUT2D eigenvalue weighted by molar-refractivity contribution is 5.97. The summed E-state index contributed by atoms with van der Waals surface area (Å²) < 4.78 is 18.9. The second-order valence-corrected chi connectivity index (χ2v) is 6.19. The van der Waals surface area contributed by atoms with Crippen molar-refractivity contribution in [2.75, 3.05) is 34.3 Å². The summed E-state index contributed by atoms with van der Waals surface area (Å²) in [5, 5.41) is 9.06. The van der Waals surface area contributed by atoms with Gasteiger partial charge in [0.05, 0.1) is 24.3 Å². The highest BCUT2D eigenvalue weighted by Crippen LogP contribution is 2.22. The lowest BCUT2D eigenvalue weighted by atomic mass is 10.1. The van der Waals surface area contributed by atoms with E-state index in [-0.39, 0.29) is 11.5 Å². The predicted molar refractivity (Wildman–Crippen MR) is 97.4 cm³/mol. The average molecular weight is 355 g/mol. The van der Waals surface area contributed by atoms with Gasteiger partial charge in [-0.1, -0.05) is 12.1 Å². The molecule has 0 aromatic heterocycles. The second-order valence-electron chi connectivity index (χ2n) is 6.19. The molecule has 6 heteroatoms. The summed E-state index contributed by atoms with van der Waals surface area (Å²) in [7, 11) is 5.29. The van der Waals surface area contributed by atoms with Crippen LogP contribution >= 0.6 is 0 Å². The van der Waals surface area contributed by atoms with E-state index < -0.39 is 5.82 Å². The van der Waals surface area contributed by atoms with Crippen molar-refractivity contribution >= 4 is 5.91 Å². The van der Waals surface area contributed by atoms with Gasteiger partial charge >= 0.3 is 0 Å². The molecule has 5 nitrogen and oxygen atoms in total. The molecule has 0 radical (unpaired) electrons. The number of nitrogens with zero attached hydrogens (tertiary/aromatic N) is 3. The molecule has 2 aromatic rings. The van der Waals surface area contributed by atoms with Gasteiger partial charge in [0, 0.05) is 19.6 Å². The summed E-state index contributed by atoms with van der Waals surface area (Å²) in [6.07, 6.45) is 0. The number of ether oxygens (including phenoxy) is 1. The topological polar surface area (TPSA) is 56.6 Å². The largest absolute Gasteiger partial charge is 0.496 e. The van der Waals surface area contributed by atoms with Gasteiger partial charge in [-0.25, -0.2) is 4.39 Å². The van der Waals surface area contributed by atoms with E-state index in [0.717, 1.165) is 5.56 Å². The Morgan fingerprint density at radius 3 is 2.62 bits per heavy atom. The molecule has 0 fully saturated rings. The van der Waals surface area contributed by atoms with Crippen molar-refractivity contribution in [1.29, 1.82) is 5.26 Å². The SMILES string of the molecule is COc1ccc(F)cc1C(=O)N(CCN(C)C)Cc1cccc(C#N)c1. The molecule has 0 heterocycles. The molecule has 2 aromatic carbocycles. The number of nitriles is 1. The molecule has 26 heavy (non-hydrogen) atoms. The summed E-state index contributed by atoms with van der Waals surface area (Å²) in [5.41, 5.74) is 1.56. The van der Waals surface area contributed by atoms with E-state index in [2.05, 4.69) is 6.07 Å². The van der Waals surface area contributed by atoms with Crippen molar-refractivity contribution in [2.45, 2.75) is 6.54 Å². The summed E-state index contributed by atoms with van der Waals surface area (Å²) in [4.78, 5) is 16.6. The molecular weight excluding hydrogens is 333 g/mol. The molecule has 0 bridgehead atoms. The number of hydrogen-bond acceptors (Lipinski definition) is 4. The number of carbonyl (C=O) groups excluding carboxylic acids is 1. The third-order valence-corrected chi connectivity index (χ3v) is 3.93. The monoisotopic (exact) mass is 355 g/mol. The van der Waals surface area contributed by atoms with E-state index in [4.69, 9.17) is 10.00 Å². The number of carbonyl (C=O) groups is 1. The van der Waals surface area contributed by atoms with E-state index >= 15 is 0 Å². The molecule has 0 saturated carbocycles. The molecule has 0 aliphatic heterocycles. The third-order valence-electron chi connectivity index (χ3n) is 3.93. The van der Waals surface area contributed by atoms with Crippen LogP contribution in [0.25, 0.3) is 0 Å². The van der Waals surface area contributed by atoms with Gasteiger partial charge in [0.2, 0.25) is 0 Å². The van der Waals surface area contributed by atoms with Crippen molar-refractivity contribution in [3.8, 4) is 11.8 Å². The Bertz CT molecular complexity index is 815. The number of likely N-dealkylation sites (N-methyl/N-ethyl adjacent to an activating group) is 1. The minimum absolute atomic E-state index is 0.183. The van der Waals surface area contributed by atoms with Crippen LogP contribution in [0.3, 0.4) is 0 Å². The average Bonchev–Trinajstić information content (AvgIpc) is 2.64. The fraction of sp³-hybridized carbons (Fsp3) is 0.300. The lowest BCUT2D eigenvalue weighted by Crippen LogP contribution is -2.36. The standard InChI is InChI=1S/C20H22FN3O2/c1-23(2)9-10-24(14-16-6-4-5-15(11-16)13-22)20(25)18-12-17(21)7-8-19(18)26-3/h4-8,11-12H,9-10,14H2,1-3H3. The maximum Gasteiger partial charge on any atom is 0.258 e. The quantitative estimate of drug-likeness (QED) is 0.766. The molecule has 0 unspecified atom stereocenters. The normalized spacial score (nSPS) is 10.5. The highest BCUT2D eigenvalue weighted by atomic mass is 19.1. The Morgan fingerprint density at radius 2 is 1.96 bits per heavy atom. The minimum Gasteiger partial charge on any atom is -0.496 e. The fourth-order valence-electron chi connectivity index (χ4n) is 2.55. The molecule has 2 rings (SSSR count). The summed E-state index contributed by atoms with van der Waals surface area (Å²) in [5.74, 6) is -0.476. The van der Waals surface area contributed by atoms with Crippen LogP contribution in [0.4, 0.5) is 4.39 Å². The molecular formula is C20H22FN3O2. The fourth-order valence-corrected chi connectivity index (χ4v) is 2.55. The smallest absolute Gasteiger partial charge is 0.258 e. The summed E-state index contributed by atoms with van der Waals surface area (Å²) in [6, 6.07) is 13.1. The first-order chi connectivity index (χ1) is 12.4. The second kappa shape index (κ2) is 8.97. The van der Waals surface area contributed by atoms with E-state index in [1.807, 2.05) is 25.1 Å². The zero-order valence-corrected chi connectivity index (χ0v) is 15.2. The van der Waals surface area contributed by atoms with Crippen LogP contribution in [-0.2, 0) is 6.54 Å². The van der Waals surface area contributed by atoms with Crippen LogP contribution in [0.15, 0.2) is 42.5 Å². The van der Waals surface area contributed by atoms with Crippen molar-refractivity contribution in [2.24, 2.45) is 0 Å².